The van der Waals surface area contributed by atoms with E-state index in [0.717, 1.165) is 35.5 Å². The number of hydrogen-bond donors (Lipinski definition) is 0. The fraction of sp³-hybridized carbons (Fsp3) is 0.444. The number of benzene rings is 1. The molecule has 3 rings (SSSR count). The molecule has 0 amide bonds. The molecule has 1 fully saturated rings. The third-order valence-corrected chi connectivity index (χ3v) is 7.12. The van der Waals surface area contributed by atoms with Crippen LogP contribution in [-0.2, 0) is 21.3 Å². The van der Waals surface area contributed by atoms with E-state index in [1.807, 2.05) is 43.5 Å². The van der Waals surface area contributed by atoms with Gasteiger partial charge in [-0.1, -0.05) is 18.2 Å². The molecule has 1 aromatic carbocycles. The summed E-state index contributed by atoms with van der Waals surface area (Å²) in [5, 5.41) is 1.98. The lowest BCUT2D eigenvalue weighted by Crippen LogP contribution is -2.37. The van der Waals surface area contributed by atoms with Crippen LogP contribution in [0, 0.1) is 13.8 Å². The Kier molecular flexibility index (Phi) is 5.39. The molecule has 1 saturated heterocycles. The van der Waals surface area contributed by atoms with Crippen molar-refractivity contribution in [2.24, 2.45) is 0 Å². The molecule has 6 heteroatoms. The second-order valence-corrected chi connectivity index (χ2v) is 9.22. The van der Waals surface area contributed by atoms with Crippen LogP contribution in [0.2, 0.25) is 0 Å². The minimum atomic E-state index is -3.56. The number of nitrogens with zero attached hydrogens (tertiary/aromatic N) is 1. The summed E-state index contributed by atoms with van der Waals surface area (Å²) in [4.78, 5) is 1.44. The van der Waals surface area contributed by atoms with E-state index >= 15 is 0 Å². The lowest BCUT2D eigenvalue weighted by molar-refractivity contribution is 0.0927. The van der Waals surface area contributed by atoms with Crippen molar-refractivity contribution in [1.82, 2.24) is 4.31 Å². The zero-order valence-electron chi connectivity index (χ0n) is 14.1. The molecule has 0 spiro atoms. The van der Waals surface area contributed by atoms with Gasteiger partial charge in [0.05, 0.1) is 11.0 Å². The molecule has 130 valence electrons. The van der Waals surface area contributed by atoms with Gasteiger partial charge in [-0.25, -0.2) is 8.42 Å². The van der Waals surface area contributed by atoms with E-state index in [9.17, 15) is 8.42 Å². The van der Waals surface area contributed by atoms with Gasteiger partial charge in [0.25, 0.3) is 0 Å². The summed E-state index contributed by atoms with van der Waals surface area (Å²) in [6.07, 6.45) is 1.91. The van der Waals surface area contributed by atoms with Gasteiger partial charge < -0.3 is 4.74 Å². The number of aryl methyl sites for hydroxylation is 2. The van der Waals surface area contributed by atoms with Gasteiger partial charge in [0, 0.05) is 24.6 Å². The molecular weight excluding hydrogens is 342 g/mol. The van der Waals surface area contributed by atoms with E-state index in [1.165, 1.54) is 0 Å². The third kappa shape index (κ3) is 3.88. The first-order valence-corrected chi connectivity index (χ1v) is 10.5. The molecule has 0 N–H and O–H groups in total. The first-order chi connectivity index (χ1) is 11.5. The lowest BCUT2D eigenvalue weighted by atomic mass is 10.2. The average molecular weight is 366 g/mol. The Bertz CT molecular complexity index is 779. The topological polar surface area (TPSA) is 46.6 Å². The number of sulfonamides is 1. The van der Waals surface area contributed by atoms with Gasteiger partial charge in [0.15, 0.2) is 0 Å². The SMILES string of the molecule is Cc1ccc(C)c(S(=O)(=O)N(Cc2cccs2)CC2CCCO2)c1. The van der Waals surface area contributed by atoms with Crippen molar-refractivity contribution in [2.45, 2.75) is 44.2 Å². The fourth-order valence-electron chi connectivity index (χ4n) is 2.96. The smallest absolute Gasteiger partial charge is 0.243 e. The zero-order chi connectivity index (χ0) is 17.2. The minimum Gasteiger partial charge on any atom is -0.377 e. The first kappa shape index (κ1) is 17.6. The molecule has 1 atom stereocenters. The highest BCUT2D eigenvalue weighted by Gasteiger charge is 2.30. The summed E-state index contributed by atoms with van der Waals surface area (Å²) in [6.45, 7) is 5.30. The summed E-state index contributed by atoms with van der Waals surface area (Å²) in [5.41, 5.74) is 1.73. The van der Waals surface area contributed by atoms with Crippen LogP contribution in [0.4, 0.5) is 0 Å². The van der Waals surface area contributed by atoms with E-state index in [0.29, 0.717) is 18.0 Å². The second-order valence-electron chi connectivity index (χ2n) is 6.28. The van der Waals surface area contributed by atoms with Gasteiger partial charge in [0.1, 0.15) is 0 Å². The summed E-state index contributed by atoms with van der Waals surface area (Å²) in [5.74, 6) is 0. The molecule has 0 aliphatic carbocycles. The summed E-state index contributed by atoms with van der Waals surface area (Å²) >= 11 is 1.58. The Morgan fingerprint density at radius 1 is 1.29 bits per heavy atom. The van der Waals surface area contributed by atoms with Crippen LogP contribution in [0.3, 0.4) is 0 Å². The highest BCUT2D eigenvalue weighted by Crippen LogP contribution is 2.26. The van der Waals surface area contributed by atoms with Crippen molar-refractivity contribution in [3.8, 4) is 0 Å². The summed E-state index contributed by atoms with van der Waals surface area (Å²) in [7, 11) is -3.56. The van der Waals surface area contributed by atoms with Gasteiger partial charge in [-0.2, -0.15) is 4.31 Å². The molecule has 1 aliphatic heterocycles. The molecule has 2 aromatic rings. The van der Waals surface area contributed by atoms with Gasteiger partial charge in [-0.05, 0) is 55.3 Å². The highest BCUT2D eigenvalue weighted by molar-refractivity contribution is 7.89. The predicted octanol–water partition coefficient (Wildman–Crippen LogP) is 3.73. The molecule has 24 heavy (non-hydrogen) atoms. The second kappa shape index (κ2) is 7.35. The maximum atomic E-state index is 13.3. The van der Waals surface area contributed by atoms with Crippen LogP contribution in [-0.4, -0.2) is 32.0 Å². The van der Waals surface area contributed by atoms with Crippen LogP contribution >= 0.6 is 11.3 Å². The molecule has 1 aliphatic rings. The predicted molar refractivity (Wildman–Crippen MR) is 96.8 cm³/mol. The van der Waals surface area contributed by atoms with E-state index in [4.69, 9.17) is 4.74 Å². The molecule has 2 heterocycles. The Hall–Kier alpha value is -1.21. The Morgan fingerprint density at radius 3 is 2.79 bits per heavy atom. The largest absolute Gasteiger partial charge is 0.377 e. The Morgan fingerprint density at radius 2 is 2.12 bits per heavy atom. The van der Waals surface area contributed by atoms with Crippen molar-refractivity contribution in [3.05, 3.63) is 51.7 Å². The monoisotopic (exact) mass is 365 g/mol. The summed E-state index contributed by atoms with van der Waals surface area (Å²) in [6, 6.07) is 9.51. The normalized spacial score (nSPS) is 18.4. The fourth-order valence-corrected chi connectivity index (χ4v) is 5.52. The first-order valence-electron chi connectivity index (χ1n) is 8.18. The number of rotatable bonds is 6. The molecule has 1 unspecified atom stereocenters. The van der Waals surface area contributed by atoms with Crippen molar-refractivity contribution in [3.63, 3.8) is 0 Å². The molecule has 0 saturated carbocycles. The van der Waals surface area contributed by atoms with E-state index < -0.39 is 10.0 Å². The maximum Gasteiger partial charge on any atom is 0.243 e. The third-order valence-electron chi connectivity index (χ3n) is 4.31. The van der Waals surface area contributed by atoms with E-state index in [2.05, 4.69) is 0 Å². The molecule has 0 bridgehead atoms. The van der Waals surface area contributed by atoms with Crippen molar-refractivity contribution in [2.75, 3.05) is 13.2 Å². The molecular formula is C18H23NO3S2. The van der Waals surface area contributed by atoms with Crippen LogP contribution < -0.4 is 0 Å². The summed E-state index contributed by atoms with van der Waals surface area (Å²) < 4.78 is 33.9. The van der Waals surface area contributed by atoms with Gasteiger partial charge >= 0.3 is 0 Å². The van der Waals surface area contributed by atoms with Gasteiger partial charge in [-0.15, -0.1) is 11.3 Å². The van der Waals surface area contributed by atoms with Gasteiger partial charge in [0.2, 0.25) is 10.0 Å². The van der Waals surface area contributed by atoms with E-state index in [-0.39, 0.29) is 6.10 Å². The van der Waals surface area contributed by atoms with Crippen LogP contribution in [0.1, 0.15) is 28.8 Å². The number of ether oxygens (including phenoxy) is 1. The molecule has 4 nitrogen and oxygen atoms in total. The zero-order valence-corrected chi connectivity index (χ0v) is 15.7. The maximum absolute atomic E-state index is 13.3. The lowest BCUT2D eigenvalue weighted by Gasteiger charge is -2.25. The number of thiophene rings is 1. The van der Waals surface area contributed by atoms with Crippen LogP contribution in [0.5, 0.6) is 0 Å². The standard InChI is InChI=1S/C18H23NO3S2/c1-14-7-8-15(2)18(11-14)24(20,21)19(12-16-5-3-9-22-16)13-17-6-4-10-23-17/h4,6-8,10-11,16H,3,5,9,12-13H2,1-2H3. The van der Waals surface area contributed by atoms with Crippen molar-refractivity contribution < 1.29 is 13.2 Å². The van der Waals surface area contributed by atoms with Crippen LogP contribution in [0.25, 0.3) is 0 Å². The number of hydrogen-bond acceptors (Lipinski definition) is 4. The minimum absolute atomic E-state index is 0.00940. The molecule has 0 radical (unpaired) electrons. The van der Waals surface area contributed by atoms with Crippen molar-refractivity contribution in [1.29, 1.82) is 0 Å². The molecule has 1 aromatic heterocycles. The van der Waals surface area contributed by atoms with Crippen LogP contribution in [0.15, 0.2) is 40.6 Å². The quantitative estimate of drug-likeness (QED) is 0.783. The Labute approximate surface area is 148 Å². The average Bonchev–Trinajstić information content (AvgIpc) is 3.22. The van der Waals surface area contributed by atoms with Gasteiger partial charge in [-0.3, -0.25) is 0 Å². The van der Waals surface area contributed by atoms with E-state index in [1.54, 1.807) is 21.7 Å². The highest BCUT2D eigenvalue weighted by atomic mass is 32.2. The Balaban J connectivity index is 1.94. The van der Waals surface area contributed by atoms with Crippen molar-refractivity contribution >= 4 is 21.4 Å².